The SMILES string of the molecule is Nc1nc(NCCOCCO)nc(C2CCC(c3nc(NCCOCCO)nc(NCCOCCO)n3)CC2)n1. The highest BCUT2D eigenvalue weighted by Gasteiger charge is 2.28. The van der Waals surface area contributed by atoms with Crippen LogP contribution in [0, 0.1) is 0 Å². The van der Waals surface area contributed by atoms with Gasteiger partial charge < -0.3 is 51.2 Å². The van der Waals surface area contributed by atoms with Crippen molar-refractivity contribution in [3.8, 4) is 0 Å². The summed E-state index contributed by atoms with van der Waals surface area (Å²) in [6.45, 7) is 3.45. The highest BCUT2D eigenvalue weighted by atomic mass is 16.5. The van der Waals surface area contributed by atoms with Crippen LogP contribution in [0.15, 0.2) is 0 Å². The maximum absolute atomic E-state index is 8.87. The van der Waals surface area contributed by atoms with Crippen LogP contribution in [0.25, 0.3) is 0 Å². The number of aromatic nitrogens is 6. The van der Waals surface area contributed by atoms with Gasteiger partial charge in [0, 0.05) is 31.5 Å². The maximum atomic E-state index is 8.87. The Balaban J connectivity index is 1.60. The molecule has 0 amide bonds. The summed E-state index contributed by atoms with van der Waals surface area (Å²) >= 11 is 0. The molecule has 8 N–H and O–H groups in total. The van der Waals surface area contributed by atoms with Gasteiger partial charge in [0.1, 0.15) is 11.6 Å². The van der Waals surface area contributed by atoms with Gasteiger partial charge in [-0.3, -0.25) is 0 Å². The quantitative estimate of drug-likeness (QED) is 0.0987. The molecule has 16 nitrogen and oxygen atoms in total. The van der Waals surface area contributed by atoms with E-state index in [1.165, 1.54) is 0 Å². The molecule has 3 rings (SSSR count). The number of nitrogens with one attached hydrogen (secondary N) is 3. The number of nitrogens with zero attached hydrogens (tertiary/aromatic N) is 6. The van der Waals surface area contributed by atoms with E-state index in [9.17, 15) is 0 Å². The van der Waals surface area contributed by atoms with E-state index in [1.54, 1.807) is 0 Å². The minimum absolute atomic E-state index is 0.0213. The summed E-state index contributed by atoms with van der Waals surface area (Å²) in [6.07, 6.45) is 3.37. The van der Waals surface area contributed by atoms with Gasteiger partial charge in [0.15, 0.2) is 0 Å². The van der Waals surface area contributed by atoms with Crippen molar-refractivity contribution in [3.63, 3.8) is 0 Å². The molecule has 0 saturated heterocycles. The molecule has 0 aliphatic heterocycles. The standard InChI is InChI=1S/C24H42N10O6/c25-21-29-19(30-22(33-21)26-5-11-38-14-8-35)17-1-3-18(4-2-17)20-31-23(27-6-12-39-15-9-36)34-24(32-20)28-7-13-40-16-10-37/h17-18,35-37H,1-16H2,(H3,25,26,29,30,33)(H2,27,28,31,32,34). The molecule has 0 atom stereocenters. The van der Waals surface area contributed by atoms with Crippen LogP contribution in [-0.2, 0) is 14.2 Å². The third kappa shape index (κ3) is 11.2. The van der Waals surface area contributed by atoms with Crippen LogP contribution in [0.5, 0.6) is 0 Å². The second-order valence-electron chi connectivity index (χ2n) is 9.05. The third-order valence-corrected chi connectivity index (χ3v) is 6.08. The largest absolute Gasteiger partial charge is 0.394 e. The van der Waals surface area contributed by atoms with Crippen molar-refractivity contribution in [3.05, 3.63) is 11.6 Å². The summed E-state index contributed by atoms with van der Waals surface area (Å²) in [7, 11) is 0. The Kier molecular flexibility index (Phi) is 14.5. The molecule has 1 fully saturated rings. The van der Waals surface area contributed by atoms with E-state index in [0.29, 0.717) is 68.9 Å². The topological polar surface area (TPSA) is 228 Å². The summed E-state index contributed by atoms with van der Waals surface area (Å²) in [5, 5.41) is 36.0. The van der Waals surface area contributed by atoms with Crippen LogP contribution < -0.4 is 21.7 Å². The molecule has 40 heavy (non-hydrogen) atoms. The summed E-state index contributed by atoms with van der Waals surface area (Å²) in [4.78, 5) is 26.9. The Labute approximate surface area is 233 Å². The van der Waals surface area contributed by atoms with Gasteiger partial charge in [0.25, 0.3) is 0 Å². The van der Waals surface area contributed by atoms with Crippen molar-refractivity contribution in [1.82, 2.24) is 29.9 Å². The first-order chi connectivity index (χ1) is 19.6. The van der Waals surface area contributed by atoms with E-state index in [1.807, 2.05) is 0 Å². The van der Waals surface area contributed by atoms with Crippen molar-refractivity contribution < 1.29 is 29.5 Å². The zero-order valence-corrected chi connectivity index (χ0v) is 22.8. The molecule has 16 heteroatoms. The second-order valence-corrected chi connectivity index (χ2v) is 9.05. The van der Waals surface area contributed by atoms with Crippen LogP contribution in [0.2, 0.25) is 0 Å². The number of nitrogen functional groups attached to an aromatic ring is 1. The number of aliphatic hydroxyl groups is 3. The summed E-state index contributed by atoms with van der Waals surface area (Å²) in [6, 6.07) is 0. The highest BCUT2D eigenvalue weighted by molar-refractivity contribution is 5.35. The molecule has 224 valence electrons. The molecule has 0 aromatic carbocycles. The molecular weight excluding hydrogens is 524 g/mol. The minimum Gasteiger partial charge on any atom is -0.394 e. The van der Waals surface area contributed by atoms with E-state index in [4.69, 9.17) is 35.3 Å². The Morgan fingerprint density at radius 3 is 1.32 bits per heavy atom. The molecule has 1 saturated carbocycles. The van der Waals surface area contributed by atoms with Gasteiger partial charge in [-0.1, -0.05) is 0 Å². The van der Waals surface area contributed by atoms with Crippen LogP contribution >= 0.6 is 0 Å². The normalized spacial score (nSPS) is 17.1. The van der Waals surface area contributed by atoms with Gasteiger partial charge in [-0.25, -0.2) is 0 Å². The Hall–Kier alpha value is -3.02. The third-order valence-electron chi connectivity index (χ3n) is 6.08. The van der Waals surface area contributed by atoms with Gasteiger partial charge in [0.05, 0.1) is 59.5 Å². The maximum Gasteiger partial charge on any atom is 0.227 e. The van der Waals surface area contributed by atoms with Crippen LogP contribution in [0.4, 0.5) is 23.8 Å². The average molecular weight is 567 g/mol. The number of ether oxygens (including phenoxy) is 3. The van der Waals surface area contributed by atoms with Gasteiger partial charge in [-0.15, -0.1) is 0 Å². The molecule has 1 aliphatic carbocycles. The van der Waals surface area contributed by atoms with Crippen molar-refractivity contribution in [2.24, 2.45) is 0 Å². The van der Waals surface area contributed by atoms with Crippen LogP contribution in [-0.4, -0.2) is 124 Å². The second kappa shape index (κ2) is 18.4. The van der Waals surface area contributed by atoms with E-state index in [-0.39, 0.29) is 57.4 Å². The first kappa shape index (κ1) is 31.5. The Morgan fingerprint density at radius 2 is 0.925 bits per heavy atom. The fourth-order valence-corrected chi connectivity index (χ4v) is 4.22. The lowest BCUT2D eigenvalue weighted by Gasteiger charge is -2.27. The Bertz CT molecular complexity index is 951. The van der Waals surface area contributed by atoms with E-state index in [0.717, 1.165) is 25.7 Å². The van der Waals surface area contributed by atoms with Gasteiger partial charge in [-0.05, 0) is 25.7 Å². The number of hydrogen-bond acceptors (Lipinski definition) is 16. The van der Waals surface area contributed by atoms with E-state index >= 15 is 0 Å². The zero-order valence-electron chi connectivity index (χ0n) is 22.8. The first-order valence-corrected chi connectivity index (χ1v) is 13.7. The molecule has 0 bridgehead atoms. The zero-order chi connectivity index (χ0) is 28.4. The van der Waals surface area contributed by atoms with Gasteiger partial charge in [-0.2, -0.15) is 29.9 Å². The number of hydrogen-bond donors (Lipinski definition) is 7. The average Bonchev–Trinajstić information content (AvgIpc) is 2.96. The molecule has 0 radical (unpaired) electrons. The molecule has 2 heterocycles. The smallest absolute Gasteiger partial charge is 0.227 e. The monoisotopic (exact) mass is 566 g/mol. The molecule has 2 aromatic heterocycles. The number of nitrogens with two attached hydrogens (primary N) is 1. The number of aliphatic hydroxyl groups excluding tert-OH is 3. The number of rotatable bonds is 20. The lowest BCUT2D eigenvalue weighted by atomic mass is 9.81. The van der Waals surface area contributed by atoms with Crippen molar-refractivity contribution in [1.29, 1.82) is 0 Å². The van der Waals surface area contributed by atoms with Crippen molar-refractivity contribution in [2.75, 3.05) is 101 Å². The fourth-order valence-electron chi connectivity index (χ4n) is 4.22. The summed E-state index contributed by atoms with van der Waals surface area (Å²) < 4.78 is 15.9. The lowest BCUT2D eigenvalue weighted by molar-refractivity contribution is 0.0990. The summed E-state index contributed by atoms with van der Waals surface area (Å²) in [5.41, 5.74) is 5.95. The minimum atomic E-state index is -0.0274. The highest BCUT2D eigenvalue weighted by Crippen LogP contribution is 2.39. The molecule has 0 spiro atoms. The first-order valence-electron chi connectivity index (χ1n) is 13.7. The molecule has 2 aromatic rings. The van der Waals surface area contributed by atoms with Crippen LogP contribution in [0.3, 0.4) is 0 Å². The lowest BCUT2D eigenvalue weighted by Crippen LogP contribution is -2.21. The van der Waals surface area contributed by atoms with Crippen molar-refractivity contribution in [2.45, 2.75) is 37.5 Å². The van der Waals surface area contributed by atoms with E-state index in [2.05, 4.69) is 45.9 Å². The van der Waals surface area contributed by atoms with Gasteiger partial charge in [0.2, 0.25) is 23.8 Å². The summed E-state index contributed by atoms with van der Waals surface area (Å²) in [5.74, 6) is 3.11. The fraction of sp³-hybridized carbons (Fsp3) is 0.750. The number of anilines is 4. The van der Waals surface area contributed by atoms with Gasteiger partial charge >= 0.3 is 0 Å². The van der Waals surface area contributed by atoms with Crippen LogP contribution in [0.1, 0.15) is 49.2 Å². The molecule has 0 unspecified atom stereocenters. The Morgan fingerprint density at radius 1 is 0.550 bits per heavy atom. The van der Waals surface area contributed by atoms with Crippen molar-refractivity contribution >= 4 is 23.8 Å². The predicted octanol–water partition coefficient (Wildman–Crippen LogP) is -0.657. The molecule has 1 aliphatic rings. The predicted molar refractivity (Wildman–Crippen MR) is 147 cm³/mol. The van der Waals surface area contributed by atoms with E-state index < -0.39 is 0 Å². The molecular formula is C24H42N10O6.